The molecule has 1 fully saturated rings. The minimum absolute atomic E-state index is 0.0424. The van der Waals surface area contributed by atoms with E-state index in [0.29, 0.717) is 72.1 Å². The van der Waals surface area contributed by atoms with E-state index in [4.69, 9.17) is 14.5 Å². The summed E-state index contributed by atoms with van der Waals surface area (Å²) in [6, 6.07) is 2.75. The molecule has 3 amide bonds. The average Bonchev–Trinajstić information content (AvgIpc) is 3.41. The van der Waals surface area contributed by atoms with Crippen molar-refractivity contribution in [1.29, 1.82) is 0 Å². The highest BCUT2D eigenvalue weighted by molar-refractivity contribution is 5.94. The van der Waals surface area contributed by atoms with Crippen LogP contribution in [0, 0.1) is 12.7 Å². The number of hydrogen-bond donors (Lipinski definition) is 3. The van der Waals surface area contributed by atoms with E-state index in [1.165, 1.54) is 13.2 Å². The van der Waals surface area contributed by atoms with E-state index in [1.54, 1.807) is 11.5 Å². The number of aryl methyl sites for hydroxylation is 1. The van der Waals surface area contributed by atoms with Crippen molar-refractivity contribution in [3.8, 4) is 11.4 Å². The number of halogens is 1. The van der Waals surface area contributed by atoms with Crippen molar-refractivity contribution >= 4 is 35.4 Å². The van der Waals surface area contributed by atoms with Gasteiger partial charge in [0.15, 0.2) is 0 Å². The molecule has 3 N–H and O–H groups in total. The number of methoxy groups -OCH3 is 1. The van der Waals surface area contributed by atoms with E-state index in [2.05, 4.69) is 16.0 Å². The average molecular weight is 648 g/mol. The molecule has 47 heavy (non-hydrogen) atoms. The standard InChI is InChI=1S/C34H38FN5O7/c1-4-19(14-41)21-10-27-31-22(13-40(27)32(44)23(21)15-46-3)30-25(7-6-20-18(2)24(35)11-26(38-31)29(20)30)39-33(45)34(8-5-9-34)47-17-37-28(43)12-36-16-42/h10-11,14,16,19,25H,4-9,12-13,15,17H2,1-3H3,(H,36,42)(H,37,43)(H,39,45). The van der Waals surface area contributed by atoms with Gasteiger partial charge in [0.25, 0.3) is 11.5 Å². The van der Waals surface area contributed by atoms with Crippen molar-refractivity contribution in [3.05, 3.63) is 61.7 Å². The second kappa shape index (κ2) is 13.0. The van der Waals surface area contributed by atoms with Gasteiger partial charge >= 0.3 is 0 Å². The third-order valence-corrected chi connectivity index (χ3v) is 9.91. The maximum absolute atomic E-state index is 15.2. The van der Waals surface area contributed by atoms with Gasteiger partial charge in [0, 0.05) is 35.6 Å². The monoisotopic (exact) mass is 647 g/mol. The number of aromatic nitrogens is 2. The van der Waals surface area contributed by atoms with Crippen LogP contribution in [-0.2, 0) is 48.2 Å². The third kappa shape index (κ3) is 5.50. The molecule has 6 rings (SSSR count). The summed E-state index contributed by atoms with van der Waals surface area (Å²) < 4.78 is 28.2. The van der Waals surface area contributed by atoms with Gasteiger partial charge in [0.1, 0.15) is 24.4 Å². The van der Waals surface area contributed by atoms with E-state index in [9.17, 15) is 24.0 Å². The minimum Gasteiger partial charge on any atom is -0.380 e. The lowest BCUT2D eigenvalue weighted by Crippen LogP contribution is -2.56. The molecule has 1 aliphatic heterocycles. The second-order valence-electron chi connectivity index (χ2n) is 12.4. The molecule has 13 heteroatoms. The molecule has 3 aliphatic rings. The Morgan fingerprint density at radius 2 is 2.02 bits per heavy atom. The van der Waals surface area contributed by atoms with Crippen molar-refractivity contribution in [2.45, 2.75) is 83.1 Å². The molecular formula is C34H38FN5O7. The summed E-state index contributed by atoms with van der Waals surface area (Å²) >= 11 is 0. The zero-order chi connectivity index (χ0) is 33.5. The molecule has 2 unspecified atom stereocenters. The van der Waals surface area contributed by atoms with Crippen molar-refractivity contribution in [1.82, 2.24) is 25.5 Å². The molecule has 0 bridgehead atoms. The van der Waals surface area contributed by atoms with Gasteiger partial charge in [0.05, 0.1) is 42.6 Å². The van der Waals surface area contributed by atoms with Crippen LogP contribution >= 0.6 is 0 Å². The number of fused-ring (bicyclic) bond motifs is 4. The molecule has 3 heterocycles. The Bertz CT molecular complexity index is 1850. The number of amides is 3. The first kappa shape index (κ1) is 32.5. The summed E-state index contributed by atoms with van der Waals surface area (Å²) in [5.41, 5.74) is 4.00. The first-order valence-corrected chi connectivity index (χ1v) is 15.9. The number of ether oxygens (including phenoxy) is 2. The molecule has 1 aromatic carbocycles. The number of nitrogens with zero attached hydrogens (tertiary/aromatic N) is 2. The Kier molecular flexibility index (Phi) is 8.95. The van der Waals surface area contributed by atoms with Crippen LogP contribution in [-0.4, -0.2) is 60.0 Å². The minimum atomic E-state index is -1.13. The van der Waals surface area contributed by atoms with Crippen LogP contribution in [0.3, 0.4) is 0 Å². The summed E-state index contributed by atoms with van der Waals surface area (Å²) in [6.45, 7) is 3.45. The predicted octanol–water partition coefficient (Wildman–Crippen LogP) is 2.57. The number of aldehydes is 1. The predicted molar refractivity (Wildman–Crippen MR) is 169 cm³/mol. The number of carbonyl (C=O) groups excluding carboxylic acids is 4. The maximum atomic E-state index is 15.2. The quantitative estimate of drug-likeness (QED) is 0.148. The fourth-order valence-electron chi connectivity index (χ4n) is 7.19. The van der Waals surface area contributed by atoms with Crippen molar-refractivity contribution in [2.75, 3.05) is 20.4 Å². The van der Waals surface area contributed by atoms with Crippen LogP contribution in [0.15, 0.2) is 16.9 Å². The molecule has 3 aromatic rings. The lowest BCUT2D eigenvalue weighted by atomic mass is 9.77. The summed E-state index contributed by atoms with van der Waals surface area (Å²) in [5, 5.41) is 8.82. The summed E-state index contributed by atoms with van der Waals surface area (Å²) in [7, 11) is 1.50. The zero-order valence-corrected chi connectivity index (χ0v) is 26.7. The summed E-state index contributed by atoms with van der Waals surface area (Å²) in [4.78, 5) is 67.2. The van der Waals surface area contributed by atoms with E-state index in [0.717, 1.165) is 34.8 Å². The molecule has 1 saturated carbocycles. The van der Waals surface area contributed by atoms with Gasteiger partial charge in [0.2, 0.25) is 12.3 Å². The maximum Gasteiger partial charge on any atom is 0.257 e. The normalized spacial score (nSPS) is 17.7. The lowest BCUT2D eigenvalue weighted by Gasteiger charge is -2.41. The van der Waals surface area contributed by atoms with Crippen LogP contribution in [0.25, 0.3) is 22.3 Å². The topological polar surface area (TPSA) is 158 Å². The van der Waals surface area contributed by atoms with E-state index >= 15 is 4.39 Å². The Labute approximate surface area is 270 Å². The molecular weight excluding hydrogens is 609 g/mol. The lowest BCUT2D eigenvalue weighted by molar-refractivity contribution is -0.164. The number of hydrogen-bond acceptors (Lipinski definition) is 8. The van der Waals surface area contributed by atoms with Gasteiger partial charge in [-0.1, -0.05) is 6.92 Å². The highest BCUT2D eigenvalue weighted by atomic mass is 19.1. The first-order valence-electron chi connectivity index (χ1n) is 15.9. The van der Waals surface area contributed by atoms with Crippen molar-refractivity contribution in [3.63, 3.8) is 0 Å². The fourth-order valence-corrected chi connectivity index (χ4v) is 7.19. The number of rotatable bonds is 13. The van der Waals surface area contributed by atoms with E-state index < -0.39 is 23.5 Å². The largest absolute Gasteiger partial charge is 0.380 e. The Balaban J connectivity index is 1.41. The van der Waals surface area contributed by atoms with Crippen molar-refractivity contribution < 1.29 is 33.0 Å². The van der Waals surface area contributed by atoms with Crippen LogP contribution in [0.5, 0.6) is 0 Å². The Morgan fingerprint density at radius 3 is 2.68 bits per heavy atom. The van der Waals surface area contributed by atoms with E-state index in [-0.39, 0.29) is 43.7 Å². The highest BCUT2D eigenvalue weighted by Crippen LogP contribution is 2.46. The van der Waals surface area contributed by atoms with Crippen LogP contribution in [0.1, 0.15) is 84.4 Å². The Morgan fingerprint density at radius 1 is 1.23 bits per heavy atom. The van der Waals surface area contributed by atoms with Crippen molar-refractivity contribution in [2.24, 2.45) is 0 Å². The number of benzene rings is 1. The van der Waals surface area contributed by atoms with Crippen LogP contribution in [0.4, 0.5) is 4.39 Å². The van der Waals surface area contributed by atoms with Gasteiger partial charge in [-0.15, -0.1) is 0 Å². The third-order valence-electron chi connectivity index (χ3n) is 9.91. The smallest absolute Gasteiger partial charge is 0.257 e. The SMILES string of the molecule is CCC(C=O)c1cc2n(c(=O)c1COC)Cc1c-2nc2cc(F)c(C)c3c2c1C(NC(=O)C1(OCNC(=O)CNC=O)CCC1)CC3. The number of pyridine rings is 2. The second-order valence-corrected chi connectivity index (χ2v) is 12.4. The highest BCUT2D eigenvalue weighted by Gasteiger charge is 2.47. The molecule has 2 aliphatic carbocycles. The molecule has 0 spiro atoms. The van der Waals surface area contributed by atoms with Gasteiger partial charge < -0.3 is 34.8 Å². The molecule has 248 valence electrons. The van der Waals surface area contributed by atoms with Gasteiger partial charge in [-0.2, -0.15) is 0 Å². The Hall–Kier alpha value is -4.49. The van der Waals surface area contributed by atoms with Gasteiger partial charge in [-0.05, 0) is 73.8 Å². The van der Waals surface area contributed by atoms with Gasteiger partial charge in [-0.3, -0.25) is 19.2 Å². The fraction of sp³-hybridized carbons (Fsp3) is 0.471. The number of carbonyl (C=O) groups is 4. The summed E-state index contributed by atoms with van der Waals surface area (Å²) in [5.74, 6) is -1.65. The molecule has 0 radical (unpaired) electrons. The van der Waals surface area contributed by atoms with Gasteiger partial charge in [-0.25, -0.2) is 9.37 Å². The van der Waals surface area contributed by atoms with E-state index in [1.807, 2.05) is 13.0 Å². The van der Waals surface area contributed by atoms with Crippen LogP contribution in [0.2, 0.25) is 0 Å². The molecule has 0 saturated heterocycles. The zero-order valence-electron chi connectivity index (χ0n) is 26.7. The van der Waals surface area contributed by atoms with Crippen LogP contribution < -0.4 is 21.5 Å². The molecule has 2 aromatic heterocycles. The molecule has 12 nitrogen and oxygen atoms in total. The molecule has 2 atom stereocenters. The first-order chi connectivity index (χ1) is 22.7. The summed E-state index contributed by atoms with van der Waals surface area (Å²) in [6.07, 6.45) is 4.48. The number of nitrogens with one attached hydrogen (secondary N) is 3.